The Labute approximate surface area is 171 Å². The van der Waals surface area contributed by atoms with Gasteiger partial charge in [-0.15, -0.1) is 0 Å². The van der Waals surface area contributed by atoms with Gasteiger partial charge in [0.15, 0.2) is 0 Å². The highest BCUT2D eigenvalue weighted by molar-refractivity contribution is 6.17. The number of benzene rings is 2. The monoisotopic (exact) mass is 420 g/mol. The SMILES string of the molecule is COC=C(C(=O)OC)c1ccccc1OC(=O)C=C(C)c1cccc(C(F)(F)F)c1. The number of alkyl halides is 3. The molecule has 0 aromatic heterocycles. The molecule has 0 radical (unpaired) electrons. The number of halogens is 3. The number of rotatable bonds is 6. The fourth-order valence-electron chi connectivity index (χ4n) is 2.57. The van der Waals surface area contributed by atoms with E-state index in [0.29, 0.717) is 0 Å². The van der Waals surface area contributed by atoms with Crippen molar-refractivity contribution in [3.8, 4) is 5.75 Å². The van der Waals surface area contributed by atoms with Crippen molar-refractivity contribution in [3.63, 3.8) is 0 Å². The van der Waals surface area contributed by atoms with Gasteiger partial charge in [0.1, 0.15) is 11.3 Å². The van der Waals surface area contributed by atoms with Crippen molar-refractivity contribution in [1.82, 2.24) is 0 Å². The first-order valence-electron chi connectivity index (χ1n) is 8.65. The molecular weight excluding hydrogens is 401 g/mol. The van der Waals surface area contributed by atoms with Crippen molar-refractivity contribution >= 4 is 23.1 Å². The zero-order valence-electron chi connectivity index (χ0n) is 16.4. The maximum atomic E-state index is 12.9. The van der Waals surface area contributed by atoms with Crippen LogP contribution in [0.25, 0.3) is 11.1 Å². The van der Waals surface area contributed by atoms with Gasteiger partial charge in [-0.05, 0) is 36.3 Å². The molecular formula is C22H19F3O5. The molecule has 0 saturated heterocycles. The number of para-hydroxylation sites is 1. The zero-order chi connectivity index (χ0) is 22.3. The summed E-state index contributed by atoms with van der Waals surface area (Å²) in [5, 5.41) is 0. The van der Waals surface area contributed by atoms with Crippen LogP contribution in [0.4, 0.5) is 13.2 Å². The quantitative estimate of drug-likeness (QED) is 0.289. The topological polar surface area (TPSA) is 61.8 Å². The third kappa shape index (κ3) is 5.73. The van der Waals surface area contributed by atoms with Gasteiger partial charge >= 0.3 is 18.1 Å². The van der Waals surface area contributed by atoms with Crippen LogP contribution in [-0.2, 0) is 25.2 Å². The lowest BCUT2D eigenvalue weighted by Crippen LogP contribution is -2.10. The predicted molar refractivity (Wildman–Crippen MR) is 104 cm³/mol. The minimum Gasteiger partial charge on any atom is -0.503 e. The van der Waals surface area contributed by atoms with E-state index in [0.717, 1.165) is 24.5 Å². The molecule has 5 nitrogen and oxygen atoms in total. The fraction of sp³-hybridized carbons (Fsp3) is 0.182. The Morgan fingerprint density at radius 1 is 1.00 bits per heavy atom. The third-order valence-corrected chi connectivity index (χ3v) is 4.01. The van der Waals surface area contributed by atoms with Gasteiger partial charge in [-0.25, -0.2) is 9.59 Å². The minimum atomic E-state index is -4.49. The van der Waals surface area contributed by atoms with Crippen LogP contribution in [0.1, 0.15) is 23.6 Å². The molecule has 30 heavy (non-hydrogen) atoms. The number of ether oxygens (including phenoxy) is 3. The summed E-state index contributed by atoms with van der Waals surface area (Å²) in [6.45, 7) is 1.49. The lowest BCUT2D eigenvalue weighted by molar-refractivity contribution is -0.137. The molecule has 0 saturated carbocycles. The number of carbonyl (C=O) groups excluding carboxylic acids is 2. The Kier molecular flexibility index (Phi) is 7.41. The van der Waals surface area contributed by atoms with E-state index in [1.807, 2.05) is 0 Å². The van der Waals surface area contributed by atoms with Gasteiger partial charge in [-0.1, -0.05) is 30.3 Å². The molecule has 0 bridgehead atoms. The van der Waals surface area contributed by atoms with Crippen LogP contribution in [0.3, 0.4) is 0 Å². The Bertz CT molecular complexity index is 990. The number of hydrogen-bond donors (Lipinski definition) is 0. The summed E-state index contributed by atoms with van der Waals surface area (Å²) < 4.78 is 53.6. The molecule has 0 aliphatic rings. The van der Waals surface area contributed by atoms with Crippen LogP contribution < -0.4 is 4.74 Å². The van der Waals surface area contributed by atoms with Crippen LogP contribution >= 0.6 is 0 Å². The summed E-state index contributed by atoms with van der Waals surface area (Å²) in [5.74, 6) is -1.46. The van der Waals surface area contributed by atoms with E-state index < -0.39 is 23.7 Å². The van der Waals surface area contributed by atoms with Crippen molar-refractivity contribution in [2.24, 2.45) is 0 Å². The molecule has 0 unspecified atom stereocenters. The zero-order valence-corrected chi connectivity index (χ0v) is 16.4. The lowest BCUT2D eigenvalue weighted by Gasteiger charge is -2.11. The number of allylic oxidation sites excluding steroid dienone is 1. The van der Waals surface area contributed by atoms with E-state index in [4.69, 9.17) is 14.2 Å². The summed E-state index contributed by atoms with van der Waals surface area (Å²) in [6.07, 6.45) is -2.26. The van der Waals surface area contributed by atoms with Gasteiger partial charge in [-0.3, -0.25) is 0 Å². The van der Waals surface area contributed by atoms with E-state index in [1.165, 1.54) is 45.4 Å². The standard InChI is InChI=1S/C22H19F3O5/c1-14(15-7-6-8-16(12-15)22(23,24)25)11-20(26)30-19-10-5-4-9-17(19)18(13-28-2)21(27)29-3/h4-13H,1-3H3. The summed E-state index contributed by atoms with van der Waals surface area (Å²) >= 11 is 0. The van der Waals surface area contributed by atoms with Crippen LogP contribution in [-0.4, -0.2) is 26.2 Å². The van der Waals surface area contributed by atoms with Crippen molar-refractivity contribution < 1.29 is 37.0 Å². The fourth-order valence-corrected chi connectivity index (χ4v) is 2.57. The van der Waals surface area contributed by atoms with E-state index in [2.05, 4.69) is 0 Å². The molecule has 0 amide bonds. The molecule has 0 atom stereocenters. The lowest BCUT2D eigenvalue weighted by atomic mass is 10.0. The van der Waals surface area contributed by atoms with E-state index in [9.17, 15) is 22.8 Å². The van der Waals surface area contributed by atoms with Gasteiger partial charge < -0.3 is 14.2 Å². The highest BCUT2D eigenvalue weighted by Gasteiger charge is 2.30. The average molecular weight is 420 g/mol. The Morgan fingerprint density at radius 3 is 2.33 bits per heavy atom. The molecule has 158 valence electrons. The third-order valence-electron chi connectivity index (χ3n) is 4.01. The van der Waals surface area contributed by atoms with Gasteiger partial charge in [0.25, 0.3) is 0 Å². The summed E-state index contributed by atoms with van der Waals surface area (Å²) in [4.78, 5) is 24.4. The Balaban J connectivity index is 2.31. The number of esters is 2. The van der Waals surface area contributed by atoms with E-state index >= 15 is 0 Å². The molecule has 8 heteroatoms. The van der Waals surface area contributed by atoms with Gasteiger partial charge in [0, 0.05) is 11.6 Å². The smallest absolute Gasteiger partial charge is 0.416 e. The number of methoxy groups -OCH3 is 2. The molecule has 2 aromatic rings. The first-order chi connectivity index (χ1) is 14.2. The second kappa shape index (κ2) is 9.78. The Hall–Kier alpha value is -3.55. The van der Waals surface area contributed by atoms with E-state index in [-0.39, 0.29) is 28.0 Å². The van der Waals surface area contributed by atoms with Gasteiger partial charge in [0.05, 0.1) is 26.0 Å². The van der Waals surface area contributed by atoms with Crippen LogP contribution in [0.5, 0.6) is 5.75 Å². The van der Waals surface area contributed by atoms with Crippen molar-refractivity contribution in [3.05, 3.63) is 77.6 Å². The molecule has 2 aromatic carbocycles. The molecule has 0 spiro atoms. The molecule has 0 N–H and O–H groups in total. The minimum absolute atomic E-state index is 0.0296. The second-order valence-corrected chi connectivity index (χ2v) is 6.08. The van der Waals surface area contributed by atoms with E-state index in [1.54, 1.807) is 12.1 Å². The normalized spacial score (nSPS) is 12.3. The summed E-state index contributed by atoms with van der Waals surface area (Å²) in [5.41, 5.74) is -0.0284. The largest absolute Gasteiger partial charge is 0.503 e. The highest BCUT2D eigenvalue weighted by atomic mass is 19.4. The maximum Gasteiger partial charge on any atom is 0.416 e. The van der Waals surface area contributed by atoms with Crippen LogP contribution in [0.2, 0.25) is 0 Å². The second-order valence-electron chi connectivity index (χ2n) is 6.08. The molecule has 0 heterocycles. The first kappa shape index (κ1) is 22.7. The van der Waals surface area contributed by atoms with Crippen molar-refractivity contribution in [1.29, 1.82) is 0 Å². The number of carbonyl (C=O) groups is 2. The highest BCUT2D eigenvalue weighted by Crippen LogP contribution is 2.31. The molecule has 0 aliphatic carbocycles. The van der Waals surface area contributed by atoms with Crippen LogP contribution in [0, 0.1) is 0 Å². The first-order valence-corrected chi connectivity index (χ1v) is 8.65. The summed E-state index contributed by atoms with van der Waals surface area (Å²) in [7, 11) is 2.54. The van der Waals surface area contributed by atoms with Gasteiger partial charge in [0.2, 0.25) is 0 Å². The molecule has 0 aliphatic heterocycles. The average Bonchev–Trinajstić information content (AvgIpc) is 2.71. The van der Waals surface area contributed by atoms with Gasteiger partial charge in [-0.2, -0.15) is 13.2 Å². The van der Waals surface area contributed by atoms with Crippen molar-refractivity contribution in [2.45, 2.75) is 13.1 Å². The van der Waals surface area contributed by atoms with Crippen molar-refractivity contribution in [2.75, 3.05) is 14.2 Å². The predicted octanol–water partition coefficient (Wildman–Crippen LogP) is 4.87. The molecule has 0 fully saturated rings. The number of hydrogen-bond acceptors (Lipinski definition) is 5. The Morgan fingerprint density at radius 2 is 1.70 bits per heavy atom. The maximum absolute atomic E-state index is 12.9. The summed E-state index contributed by atoms with van der Waals surface area (Å²) in [6, 6.07) is 10.8. The van der Waals surface area contributed by atoms with Crippen LogP contribution in [0.15, 0.2) is 60.9 Å². The molecule has 2 rings (SSSR count).